The molecule has 3 saturated heterocycles. The van der Waals surface area contributed by atoms with Gasteiger partial charge >= 0.3 is 17.9 Å². The highest BCUT2D eigenvalue weighted by atomic mass is 16.6. The maximum atomic E-state index is 13.8. The number of esters is 3. The standard InChI is InChI=1S/C49H46N12O6/c1-57-45-37(17-33(23-52)20-44(45)61-13-7-8-14-61)46(58-2)49(64)67-30-34(28-65-47(62)40(26-55)35-15-31(21-50)18-42(38(35)24-53)59-9-3-4-10-59)29-66-48(63)41(27-56)36-16-32(22-51)19-43(39(36)25-54)60-11-5-6-12-60/h31-34H,3-20,28-30H2/b40-35+,41-36+,46-37-. The zero-order chi connectivity index (χ0) is 48.0. The fourth-order valence-corrected chi connectivity index (χ4v) is 9.57. The van der Waals surface area contributed by atoms with E-state index >= 15 is 0 Å². The molecule has 0 radical (unpaired) electrons. The Bertz CT molecular complexity index is 2370. The molecule has 3 atom stereocenters. The number of ether oxygens (including phenoxy) is 3. The number of hydrogen-bond acceptors (Lipinski definition) is 16. The molecule has 18 heteroatoms. The quantitative estimate of drug-likeness (QED) is 0.0734. The summed E-state index contributed by atoms with van der Waals surface area (Å²) < 4.78 is 16.8. The Kier molecular flexibility index (Phi) is 16.2. The number of nitriles is 7. The van der Waals surface area contributed by atoms with Crippen molar-refractivity contribution in [1.82, 2.24) is 14.7 Å². The predicted molar refractivity (Wildman–Crippen MR) is 232 cm³/mol. The van der Waals surface area contributed by atoms with Crippen LogP contribution in [-0.4, -0.2) is 91.7 Å². The van der Waals surface area contributed by atoms with E-state index in [1.54, 1.807) is 0 Å². The van der Waals surface area contributed by atoms with Crippen LogP contribution in [0.5, 0.6) is 0 Å². The van der Waals surface area contributed by atoms with Crippen molar-refractivity contribution in [2.24, 2.45) is 23.7 Å². The first-order valence-electron chi connectivity index (χ1n) is 22.3. The van der Waals surface area contributed by atoms with Crippen LogP contribution in [0.1, 0.15) is 77.0 Å². The van der Waals surface area contributed by atoms with Gasteiger partial charge in [-0.15, -0.1) is 0 Å². The molecule has 3 unspecified atom stereocenters. The summed E-state index contributed by atoms with van der Waals surface area (Å²) in [5.74, 6) is -6.56. The van der Waals surface area contributed by atoms with Crippen LogP contribution >= 0.6 is 0 Å². The normalized spacial score (nSPS) is 24.2. The fourth-order valence-electron chi connectivity index (χ4n) is 9.57. The largest absolute Gasteiger partial charge is 0.470 e. The van der Waals surface area contributed by atoms with E-state index in [4.69, 9.17) is 27.4 Å². The topological polar surface area (TPSA) is 264 Å². The molecule has 0 aromatic rings. The van der Waals surface area contributed by atoms with Gasteiger partial charge in [-0.1, -0.05) is 0 Å². The first kappa shape index (κ1) is 48.1. The molecule has 6 aliphatic rings. The maximum Gasteiger partial charge on any atom is 0.349 e. The molecule has 3 aliphatic heterocycles. The Labute approximate surface area is 389 Å². The number of likely N-dealkylation sites (tertiary alicyclic amines) is 3. The number of carbonyl (C=O) groups excluding carboxylic acids is 3. The molecule has 0 N–H and O–H groups in total. The Morgan fingerprint density at radius 2 is 0.896 bits per heavy atom. The Morgan fingerprint density at radius 1 is 0.537 bits per heavy atom. The lowest BCUT2D eigenvalue weighted by Crippen LogP contribution is -2.29. The van der Waals surface area contributed by atoms with Crippen molar-refractivity contribution in [2.45, 2.75) is 77.0 Å². The summed E-state index contributed by atoms with van der Waals surface area (Å²) >= 11 is 0. The van der Waals surface area contributed by atoms with Crippen LogP contribution in [0.2, 0.25) is 0 Å². The molecule has 0 aromatic carbocycles. The minimum atomic E-state index is -1.20. The van der Waals surface area contributed by atoms with Crippen LogP contribution in [0.4, 0.5) is 0 Å². The average molecular weight is 899 g/mol. The van der Waals surface area contributed by atoms with Crippen LogP contribution in [0.3, 0.4) is 0 Å². The van der Waals surface area contributed by atoms with Crippen molar-refractivity contribution in [3.63, 3.8) is 0 Å². The SMILES string of the molecule is [C-]#[N+]C1=C(N2CCCC2)CC(C#N)C/C1=C(/[N+]#[C-])C(=O)OCC(COC(=O)/C(C#N)=C1\CC(C#N)CC(N2CCCC2)=C1C#N)COC(=O)/C(C#N)=C1\CC(C#N)CC(N2CCCC2)=C1C#N. The number of hydrogen-bond donors (Lipinski definition) is 0. The van der Waals surface area contributed by atoms with Crippen molar-refractivity contribution in [1.29, 1.82) is 36.8 Å². The fraction of sp³-hybridized carbons (Fsp3) is 0.510. The van der Waals surface area contributed by atoms with Gasteiger partial charge in [-0.05, 0) is 80.9 Å². The van der Waals surface area contributed by atoms with E-state index in [0.717, 1.165) is 38.5 Å². The molecule has 338 valence electrons. The highest BCUT2D eigenvalue weighted by Crippen LogP contribution is 2.41. The third-order valence-corrected chi connectivity index (χ3v) is 12.9. The number of rotatable bonds is 12. The summed E-state index contributed by atoms with van der Waals surface area (Å²) in [7, 11) is 0. The number of nitrogens with zero attached hydrogens (tertiary/aromatic N) is 12. The molecule has 0 amide bonds. The summed E-state index contributed by atoms with van der Waals surface area (Å²) in [5, 5.41) is 71.0. The molecule has 6 rings (SSSR count). The summed E-state index contributed by atoms with van der Waals surface area (Å²) in [6.07, 6.45) is 5.89. The molecule has 0 bridgehead atoms. The van der Waals surface area contributed by atoms with Gasteiger partial charge in [-0.2, -0.15) is 36.8 Å². The number of allylic oxidation sites excluding steroid dienone is 8. The van der Waals surface area contributed by atoms with Gasteiger partial charge in [0, 0.05) is 69.2 Å². The van der Waals surface area contributed by atoms with E-state index in [9.17, 15) is 51.2 Å². The van der Waals surface area contributed by atoms with Gasteiger partial charge in [0.15, 0.2) is 5.70 Å². The molecule has 0 aromatic heterocycles. The van der Waals surface area contributed by atoms with Gasteiger partial charge in [0.05, 0.1) is 72.8 Å². The van der Waals surface area contributed by atoms with Crippen molar-refractivity contribution in [3.8, 4) is 42.5 Å². The second-order valence-electron chi connectivity index (χ2n) is 17.1. The summed E-state index contributed by atoms with van der Waals surface area (Å²) in [6.45, 7) is 17.9. The van der Waals surface area contributed by atoms with E-state index in [0.29, 0.717) is 56.4 Å². The third kappa shape index (κ3) is 10.6. The van der Waals surface area contributed by atoms with Gasteiger partial charge in [0.25, 0.3) is 5.70 Å². The highest BCUT2D eigenvalue weighted by Gasteiger charge is 2.37. The average Bonchev–Trinajstić information content (AvgIpc) is 4.20. The lowest BCUT2D eigenvalue weighted by molar-refractivity contribution is -0.148. The molecule has 18 nitrogen and oxygen atoms in total. The zero-order valence-electron chi connectivity index (χ0n) is 37.0. The molecule has 0 saturated carbocycles. The van der Waals surface area contributed by atoms with Crippen molar-refractivity contribution < 1.29 is 28.6 Å². The molecule has 0 spiro atoms. The molecule has 67 heavy (non-hydrogen) atoms. The Morgan fingerprint density at radius 3 is 1.24 bits per heavy atom. The van der Waals surface area contributed by atoms with E-state index in [-0.39, 0.29) is 72.1 Å². The lowest BCUT2D eigenvalue weighted by atomic mass is 9.81. The van der Waals surface area contributed by atoms with Crippen molar-refractivity contribution >= 4 is 17.9 Å². The van der Waals surface area contributed by atoms with Crippen LogP contribution in [-0.2, 0) is 28.6 Å². The summed E-state index contributed by atoms with van der Waals surface area (Å²) in [6, 6.07) is 14.5. The van der Waals surface area contributed by atoms with Gasteiger partial charge in [-0.3, -0.25) is 4.79 Å². The van der Waals surface area contributed by atoms with Gasteiger partial charge in [-0.25, -0.2) is 19.3 Å². The van der Waals surface area contributed by atoms with Crippen LogP contribution in [0.15, 0.2) is 67.5 Å². The molecule has 3 heterocycles. The number of carbonyl (C=O) groups is 3. The monoisotopic (exact) mass is 898 g/mol. The summed E-state index contributed by atoms with van der Waals surface area (Å²) in [5.41, 5.74) is 0.680. The Balaban J connectivity index is 1.31. The second-order valence-corrected chi connectivity index (χ2v) is 17.1. The van der Waals surface area contributed by atoms with E-state index in [2.05, 4.69) is 40.0 Å². The van der Waals surface area contributed by atoms with E-state index in [1.807, 2.05) is 26.8 Å². The van der Waals surface area contributed by atoms with E-state index in [1.165, 1.54) is 0 Å². The second kappa shape index (κ2) is 22.5. The third-order valence-electron chi connectivity index (χ3n) is 12.9. The smallest absolute Gasteiger partial charge is 0.349 e. The van der Waals surface area contributed by atoms with Gasteiger partial charge in [0.1, 0.15) is 48.6 Å². The first-order chi connectivity index (χ1) is 32.6. The predicted octanol–water partition coefficient (Wildman–Crippen LogP) is 5.82. The van der Waals surface area contributed by atoms with Crippen molar-refractivity contribution in [3.05, 3.63) is 90.3 Å². The van der Waals surface area contributed by atoms with Crippen LogP contribution < -0.4 is 0 Å². The molecule has 3 fully saturated rings. The Hall–Kier alpha value is -8.34. The minimum Gasteiger partial charge on any atom is -0.470 e. The lowest BCUT2D eigenvalue weighted by Gasteiger charge is -2.30. The zero-order valence-corrected chi connectivity index (χ0v) is 37.0. The maximum absolute atomic E-state index is 13.8. The molecular formula is C49H46N12O6. The van der Waals surface area contributed by atoms with Crippen molar-refractivity contribution in [2.75, 3.05) is 59.1 Å². The molecule has 3 aliphatic carbocycles. The van der Waals surface area contributed by atoms with Gasteiger partial charge in [0.2, 0.25) is 0 Å². The highest BCUT2D eigenvalue weighted by molar-refractivity contribution is 5.96. The van der Waals surface area contributed by atoms with Crippen LogP contribution in [0.25, 0.3) is 9.69 Å². The first-order valence-corrected chi connectivity index (χ1v) is 22.3. The molecular weight excluding hydrogens is 853 g/mol. The van der Waals surface area contributed by atoms with Crippen LogP contribution in [0, 0.1) is 116 Å². The van der Waals surface area contributed by atoms with Gasteiger partial charge < -0.3 is 28.9 Å². The van der Waals surface area contributed by atoms with E-state index < -0.39 is 78.2 Å². The minimum absolute atomic E-state index is 0.0508. The summed E-state index contributed by atoms with van der Waals surface area (Å²) in [4.78, 5) is 54.6.